The number of hydrogen-bond donors (Lipinski definition) is 0. The average Bonchev–Trinajstić information content (AvgIpc) is 3.02. The fraction of sp³-hybridized carbons (Fsp3) is 0.268. The molecule has 5 aromatic rings. The van der Waals surface area contributed by atoms with Gasteiger partial charge in [0.1, 0.15) is 17.2 Å². The highest BCUT2D eigenvalue weighted by molar-refractivity contribution is 5.73. The summed E-state index contributed by atoms with van der Waals surface area (Å²) >= 11 is 0. The highest BCUT2D eigenvalue weighted by atomic mass is 16.5. The average molecular weight is 565 g/mol. The van der Waals surface area contributed by atoms with Crippen LogP contribution < -0.4 is 9.47 Å². The van der Waals surface area contributed by atoms with E-state index >= 15 is 0 Å². The van der Waals surface area contributed by atoms with Crippen LogP contribution in [0.2, 0.25) is 0 Å². The van der Waals surface area contributed by atoms with Crippen LogP contribution in [0.1, 0.15) is 109 Å². The monoisotopic (exact) mass is 564 g/mol. The Kier molecular flexibility index (Phi) is 6.69. The van der Waals surface area contributed by atoms with Crippen molar-refractivity contribution in [2.75, 3.05) is 0 Å². The molecule has 0 atom stereocenters. The summed E-state index contributed by atoms with van der Waals surface area (Å²) in [6.45, 7) is 13.3. The lowest BCUT2D eigenvalue weighted by Crippen LogP contribution is -2.29. The predicted molar refractivity (Wildman–Crippen MR) is 176 cm³/mol. The van der Waals surface area contributed by atoms with Gasteiger partial charge in [0.15, 0.2) is 0 Å². The van der Waals surface area contributed by atoms with Gasteiger partial charge in [0.2, 0.25) is 0 Å². The topological polar surface area (TPSA) is 18.5 Å². The van der Waals surface area contributed by atoms with E-state index in [1.54, 1.807) is 0 Å². The van der Waals surface area contributed by atoms with E-state index in [1.807, 2.05) is 0 Å². The van der Waals surface area contributed by atoms with Gasteiger partial charge in [-0.3, -0.25) is 0 Å². The second kappa shape index (κ2) is 10.5. The zero-order valence-electron chi connectivity index (χ0n) is 26.0. The Balaban J connectivity index is 1.28. The fourth-order valence-corrected chi connectivity index (χ4v) is 7.19. The van der Waals surface area contributed by atoms with Crippen molar-refractivity contribution in [2.24, 2.45) is 0 Å². The fourth-order valence-electron chi connectivity index (χ4n) is 7.19. The Morgan fingerprint density at radius 1 is 0.535 bits per heavy atom. The van der Waals surface area contributed by atoms with Crippen molar-refractivity contribution in [3.63, 3.8) is 0 Å². The van der Waals surface area contributed by atoms with E-state index in [9.17, 15) is 0 Å². The van der Waals surface area contributed by atoms with Crippen LogP contribution in [0.15, 0.2) is 109 Å². The lowest BCUT2D eigenvalue weighted by Gasteiger charge is -2.43. The molecule has 0 N–H and O–H groups in total. The predicted octanol–water partition coefficient (Wildman–Crippen LogP) is 10.7. The molecule has 2 nitrogen and oxygen atoms in total. The van der Waals surface area contributed by atoms with Crippen LogP contribution in [0, 0.1) is 0 Å². The number of ether oxygens (including phenoxy) is 2. The highest BCUT2D eigenvalue weighted by Gasteiger charge is 2.44. The molecule has 3 aliphatic carbocycles. The normalized spacial score (nSPS) is 16.6. The molecule has 0 heterocycles. The minimum absolute atomic E-state index is 0.0827. The van der Waals surface area contributed by atoms with Crippen molar-refractivity contribution in [3.8, 4) is 17.2 Å². The molecule has 216 valence electrons. The van der Waals surface area contributed by atoms with E-state index in [0.717, 1.165) is 17.2 Å². The molecule has 0 saturated carbocycles. The van der Waals surface area contributed by atoms with E-state index in [0.29, 0.717) is 5.92 Å². The van der Waals surface area contributed by atoms with Gasteiger partial charge in [-0.2, -0.15) is 0 Å². The van der Waals surface area contributed by atoms with Crippen LogP contribution in [0.3, 0.4) is 0 Å². The highest BCUT2D eigenvalue weighted by Crippen LogP contribution is 2.60. The molecule has 0 fully saturated rings. The summed E-state index contributed by atoms with van der Waals surface area (Å²) < 4.78 is 13.2. The summed E-state index contributed by atoms with van der Waals surface area (Å²) in [5, 5.41) is 0. The third-order valence-electron chi connectivity index (χ3n) is 9.49. The SMILES string of the molecule is CC(C)Oc1ccc(Oc2ccc(C(C)(C)c3ccc(C(C)C)cc3)cc2)c2c1C1c3ccccc3C2c2ccccc21. The Bertz CT molecular complexity index is 1740. The molecular weight excluding hydrogens is 524 g/mol. The first-order chi connectivity index (χ1) is 20.7. The molecule has 0 aliphatic heterocycles. The summed E-state index contributed by atoms with van der Waals surface area (Å²) in [4.78, 5) is 0. The Labute approximate surface area is 256 Å². The van der Waals surface area contributed by atoms with Gasteiger partial charge in [-0.1, -0.05) is 113 Å². The molecule has 0 amide bonds. The van der Waals surface area contributed by atoms with E-state index in [2.05, 4.69) is 151 Å². The molecule has 3 aliphatic rings. The Morgan fingerprint density at radius 3 is 1.44 bits per heavy atom. The maximum atomic E-state index is 6.78. The van der Waals surface area contributed by atoms with Crippen molar-refractivity contribution in [1.82, 2.24) is 0 Å². The maximum absolute atomic E-state index is 6.78. The van der Waals surface area contributed by atoms with Gasteiger partial charge in [-0.05, 0) is 83.0 Å². The van der Waals surface area contributed by atoms with Gasteiger partial charge in [0, 0.05) is 28.4 Å². The largest absolute Gasteiger partial charge is 0.491 e. The third kappa shape index (κ3) is 4.56. The van der Waals surface area contributed by atoms with Gasteiger partial charge in [0.05, 0.1) is 6.10 Å². The van der Waals surface area contributed by atoms with Crippen LogP contribution in [-0.4, -0.2) is 6.10 Å². The van der Waals surface area contributed by atoms with Gasteiger partial charge < -0.3 is 9.47 Å². The first-order valence-electron chi connectivity index (χ1n) is 15.6. The van der Waals surface area contributed by atoms with Crippen molar-refractivity contribution in [3.05, 3.63) is 159 Å². The Hall–Kier alpha value is -4.30. The molecule has 0 unspecified atom stereocenters. The summed E-state index contributed by atoms with van der Waals surface area (Å²) in [6, 6.07) is 39.7. The minimum atomic E-state index is -0.115. The van der Waals surface area contributed by atoms with Gasteiger partial charge in [-0.15, -0.1) is 0 Å². The van der Waals surface area contributed by atoms with E-state index in [4.69, 9.17) is 9.47 Å². The lowest BCUT2D eigenvalue weighted by atomic mass is 9.60. The van der Waals surface area contributed by atoms with Crippen molar-refractivity contribution in [1.29, 1.82) is 0 Å². The van der Waals surface area contributed by atoms with Gasteiger partial charge in [-0.25, -0.2) is 0 Å². The minimum Gasteiger partial charge on any atom is -0.491 e. The molecule has 2 heteroatoms. The molecular formula is C41H40O2. The zero-order chi connectivity index (χ0) is 29.9. The van der Waals surface area contributed by atoms with Crippen LogP contribution in [0.5, 0.6) is 17.2 Å². The molecule has 5 aromatic carbocycles. The maximum Gasteiger partial charge on any atom is 0.132 e. The standard InChI is InChI=1S/C41H40O2/c1-25(2)27-15-17-28(18-16-27)41(5,6)29-19-21-30(22-20-29)43-36-24-23-35(42-26(3)4)39-37-31-11-7-9-13-33(31)38(40(36)39)34-14-10-8-12-32(34)37/h7-26,37-38H,1-6H3. The lowest BCUT2D eigenvalue weighted by molar-refractivity contribution is 0.238. The van der Waals surface area contributed by atoms with Crippen LogP contribution in [-0.2, 0) is 5.41 Å². The van der Waals surface area contributed by atoms with Crippen LogP contribution >= 0.6 is 0 Å². The van der Waals surface area contributed by atoms with Crippen LogP contribution in [0.25, 0.3) is 0 Å². The summed E-state index contributed by atoms with van der Waals surface area (Å²) in [7, 11) is 0. The van der Waals surface area contributed by atoms with Crippen molar-refractivity contribution < 1.29 is 9.47 Å². The Morgan fingerprint density at radius 2 is 0.977 bits per heavy atom. The van der Waals surface area contributed by atoms with E-state index < -0.39 is 0 Å². The number of rotatable bonds is 7. The molecule has 0 spiro atoms. The van der Waals surface area contributed by atoms with Crippen molar-refractivity contribution >= 4 is 0 Å². The second-order valence-corrected chi connectivity index (χ2v) is 13.2. The van der Waals surface area contributed by atoms with Gasteiger partial charge in [0.25, 0.3) is 0 Å². The number of hydrogen-bond acceptors (Lipinski definition) is 2. The summed E-state index contributed by atoms with van der Waals surface area (Å²) in [6.07, 6.45) is 0.0827. The molecule has 0 saturated heterocycles. The quantitative estimate of drug-likeness (QED) is 0.192. The third-order valence-corrected chi connectivity index (χ3v) is 9.49. The summed E-state index contributed by atoms with van der Waals surface area (Å²) in [5.41, 5.74) is 11.8. The van der Waals surface area contributed by atoms with Crippen LogP contribution in [0.4, 0.5) is 0 Å². The summed E-state index contributed by atoms with van der Waals surface area (Å²) in [5.74, 6) is 3.46. The molecule has 0 radical (unpaired) electrons. The molecule has 8 rings (SSSR count). The van der Waals surface area contributed by atoms with E-state index in [1.165, 1.54) is 50.1 Å². The van der Waals surface area contributed by atoms with Gasteiger partial charge >= 0.3 is 0 Å². The zero-order valence-corrected chi connectivity index (χ0v) is 26.0. The second-order valence-electron chi connectivity index (χ2n) is 13.2. The first kappa shape index (κ1) is 27.5. The number of benzene rings is 5. The molecule has 0 aromatic heterocycles. The molecule has 2 bridgehead atoms. The van der Waals surface area contributed by atoms with Crippen molar-refractivity contribution in [2.45, 2.75) is 70.8 Å². The smallest absolute Gasteiger partial charge is 0.132 e. The van der Waals surface area contributed by atoms with E-state index in [-0.39, 0.29) is 23.4 Å². The molecule has 43 heavy (non-hydrogen) atoms. The first-order valence-corrected chi connectivity index (χ1v) is 15.6.